The van der Waals surface area contributed by atoms with E-state index in [1.54, 1.807) is 0 Å². The van der Waals surface area contributed by atoms with Crippen molar-refractivity contribution >= 4 is 17.3 Å². The second kappa shape index (κ2) is 5.20. The zero-order valence-electron chi connectivity index (χ0n) is 11.0. The molecule has 0 bridgehead atoms. The maximum absolute atomic E-state index is 8.96. The Morgan fingerprint density at radius 1 is 1.39 bits per heavy atom. The van der Waals surface area contributed by atoms with Crippen molar-refractivity contribution in [2.45, 2.75) is 38.6 Å². The van der Waals surface area contributed by atoms with Gasteiger partial charge in [-0.1, -0.05) is 11.6 Å². The van der Waals surface area contributed by atoms with Gasteiger partial charge in [0.2, 0.25) is 0 Å². The summed E-state index contributed by atoms with van der Waals surface area (Å²) in [6, 6.07) is 10.3. The number of halogens is 1. The Morgan fingerprint density at radius 2 is 2.06 bits per heavy atom. The van der Waals surface area contributed by atoms with Crippen LogP contribution in [0.3, 0.4) is 0 Å². The van der Waals surface area contributed by atoms with Crippen molar-refractivity contribution < 1.29 is 0 Å². The van der Waals surface area contributed by atoms with Gasteiger partial charge in [-0.3, -0.25) is 0 Å². The molecule has 0 aliphatic carbocycles. The molecule has 0 amide bonds. The lowest BCUT2D eigenvalue weighted by atomic mass is 9.77. The number of rotatable bonds is 2. The van der Waals surface area contributed by atoms with Gasteiger partial charge in [0.15, 0.2) is 0 Å². The molecular formula is C15H19ClN2. The van der Waals surface area contributed by atoms with Gasteiger partial charge in [0.25, 0.3) is 0 Å². The van der Waals surface area contributed by atoms with E-state index in [0.29, 0.717) is 12.3 Å². The van der Waals surface area contributed by atoms with E-state index < -0.39 is 0 Å². The summed E-state index contributed by atoms with van der Waals surface area (Å²) in [5.41, 5.74) is 1.23. The van der Waals surface area contributed by atoms with Gasteiger partial charge in [-0.25, -0.2) is 0 Å². The normalized spacial score (nSPS) is 22.6. The summed E-state index contributed by atoms with van der Waals surface area (Å²) in [7, 11) is 0. The van der Waals surface area contributed by atoms with Gasteiger partial charge in [0.05, 0.1) is 6.07 Å². The molecule has 0 N–H and O–H groups in total. The predicted molar refractivity (Wildman–Crippen MR) is 75.8 cm³/mol. The van der Waals surface area contributed by atoms with Crippen LogP contribution >= 0.6 is 11.6 Å². The molecule has 1 atom stereocenters. The highest BCUT2D eigenvalue weighted by molar-refractivity contribution is 6.30. The minimum atomic E-state index is 0.0296. The van der Waals surface area contributed by atoms with Crippen LogP contribution in [0, 0.1) is 17.2 Å². The van der Waals surface area contributed by atoms with Crippen LogP contribution in [0.5, 0.6) is 0 Å². The lowest BCUT2D eigenvalue weighted by molar-refractivity contribution is 0.242. The average Bonchev–Trinajstić information content (AvgIpc) is 2.33. The Hall–Kier alpha value is -1.20. The second-order valence-corrected chi connectivity index (χ2v) is 5.92. The summed E-state index contributed by atoms with van der Waals surface area (Å²) in [5, 5.41) is 9.72. The fraction of sp³-hybridized carbons (Fsp3) is 0.533. The standard InChI is InChI=1S/C15H19ClN2/c1-15(2)12(9-10-17)4-3-11-18(15)14-7-5-13(16)6-8-14/h5-8,12H,3-4,9,11H2,1-2H3. The second-order valence-electron chi connectivity index (χ2n) is 5.48. The van der Waals surface area contributed by atoms with Crippen LogP contribution in [0.1, 0.15) is 33.1 Å². The van der Waals surface area contributed by atoms with Gasteiger partial charge in [0.1, 0.15) is 0 Å². The van der Waals surface area contributed by atoms with E-state index in [1.165, 1.54) is 5.69 Å². The first-order valence-electron chi connectivity index (χ1n) is 6.46. The first kappa shape index (κ1) is 13.2. The van der Waals surface area contributed by atoms with Crippen LogP contribution in [0.15, 0.2) is 24.3 Å². The highest BCUT2D eigenvalue weighted by atomic mass is 35.5. The SMILES string of the molecule is CC1(C)C(CC#N)CCCN1c1ccc(Cl)cc1. The summed E-state index contributed by atoms with van der Waals surface area (Å²) in [6.45, 7) is 5.53. The smallest absolute Gasteiger partial charge is 0.0625 e. The van der Waals surface area contributed by atoms with Gasteiger partial charge in [-0.05, 0) is 56.9 Å². The molecule has 1 saturated heterocycles. The first-order chi connectivity index (χ1) is 8.55. The molecule has 96 valence electrons. The van der Waals surface area contributed by atoms with Crippen LogP contribution in [-0.4, -0.2) is 12.1 Å². The molecule has 1 aromatic carbocycles. The van der Waals surface area contributed by atoms with Crippen molar-refractivity contribution in [2.24, 2.45) is 5.92 Å². The highest BCUT2D eigenvalue weighted by Crippen LogP contribution is 2.38. The Bertz CT molecular complexity index is 445. The summed E-state index contributed by atoms with van der Waals surface area (Å²) in [5.74, 6) is 0.437. The third-order valence-corrected chi connectivity index (χ3v) is 4.36. The number of hydrogen-bond donors (Lipinski definition) is 0. The van der Waals surface area contributed by atoms with E-state index in [1.807, 2.05) is 12.1 Å². The molecule has 1 heterocycles. The minimum absolute atomic E-state index is 0.0296. The van der Waals surface area contributed by atoms with E-state index in [-0.39, 0.29) is 5.54 Å². The van der Waals surface area contributed by atoms with Crippen molar-refractivity contribution in [3.63, 3.8) is 0 Å². The van der Waals surface area contributed by atoms with Crippen LogP contribution in [-0.2, 0) is 0 Å². The molecule has 0 saturated carbocycles. The maximum atomic E-state index is 8.96. The molecule has 1 aliphatic heterocycles. The Morgan fingerprint density at radius 3 is 2.67 bits per heavy atom. The number of piperidine rings is 1. The summed E-state index contributed by atoms with van der Waals surface area (Å²) < 4.78 is 0. The highest BCUT2D eigenvalue weighted by Gasteiger charge is 2.38. The quantitative estimate of drug-likeness (QED) is 0.797. The molecule has 0 aromatic heterocycles. The summed E-state index contributed by atoms with van der Waals surface area (Å²) >= 11 is 5.94. The van der Waals surface area contributed by atoms with Crippen molar-refractivity contribution in [3.8, 4) is 6.07 Å². The monoisotopic (exact) mass is 262 g/mol. The van der Waals surface area contributed by atoms with Crippen molar-refractivity contribution in [3.05, 3.63) is 29.3 Å². The number of anilines is 1. The van der Waals surface area contributed by atoms with Gasteiger partial charge in [-0.15, -0.1) is 0 Å². The molecule has 0 radical (unpaired) electrons. The number of hydrogen-bond acceptors (Lipinski definition) is 2. The molecule has 18 heavy (non-hydrogen) atoms. The third-order valence-electron chi connectivity index (χ3n) is 4.11. The molecule has 1 fully saturated rings. The zero-order valence-corrected chi connectivity index (χ0v) is 11.7. The van der Waals surface area contributed by atoms with Crippen molar-refractivity contribution in [1.29, 1.82) is 5.26 Å². The van der Waals surface area contributed by atoms with E-state index in [0.717, 1.165) is 24.4 Å². The molecule has 1 aliphatic rings. The fourth-order valence-corrected chi connectivity index (χ4v) is 3.03. The Kier molecular flexibility index (Phi) is 3.82. The van der Waals surface area contributed by atoms with Crippen LogP contribution in [0.4, 0.5) is 5.69 Å². The summed E-state index contributed by atoms with van der Waals surface area (Å²) in [4.78, 5) is 2.41. The number of nitrogens with zero attached hydrogens (tertiary/aromatic N) is 2. The van der Waals surface area contributed by atoms with E-state index in [9.17, 15) is 0 Å². The van der Waals surface area contributed by atoms with Crippen LogP contribution in [0.25, 0.3) is 0 Å². The van der Waals surface area contributed by atoms with Crippen molar-refractivity contribution in [2.75, 3.05) is 11.4 Å². The molecule has 2 nitrogen and oxygen atoms in total. The average molecular weight is 263 g/mol. The predicted octanol–water partition coefficient (Wildman–Crippen LogP) is 4.25. The molecule has 1 aromatic rings. The zero-order chi connectivity index (χ0) is 13.2. The van der Waals surface area contributed by atoms with E-state index in [2.05, 4.69) is 36.9 Å². The molecule has 3 heteroatoms. The van der Waals surface area contributed by atoms with Gasteiger partial charge >= 0.3 is 0 Å². The van der Waals surface area contributed by atoms with E-state index in [4.69, 9.17) is 16.9 Å². The molecule has 2 rings (SSSR count). The van der Waals surface area contributed by atoms with Gasteiger partial charge in [0, 0.05) is 29.2 Å². The number of nitriles is 1. The lowest BCUT2D eigenvalue weighted by Gasteiger charge is -2.49. The van der Waals surface area contributed by atoms with Gasteiger partial charge in [-0.2, -0.15) is 5.26 Å². The number of benzene rings is 1. The Balaban J connectivity index is 2.26. The molecule has 1 unspecified atom stereocenters. The topological polar surface area (TPSA) is 27.0 Å². The summed E-state index contributed by atoms with van der Waals surface area (Å²) in [6.07, 6.45) is 2.93. The maximum Gasteiger partial charge on any atom is 0.0625 e. The third kappa shape index (κ3) is 2.47. The first-order valence-corrected chi connectivity index (χ1v) is 6.83. The lowest BCUT2D eigenvalue weighted by Crippen LogP contribution is -2.53. The van der Waals surface area contributed by atoms with Crippen molar-refractivity contribution in [1.82, 2.24) is 0 Å². The Labute approximate surface area is 114 Å². The largest absolute Gasteiger partial charge is 0.366 e. The molecule has 0 spiro atoms. The molecular weight excluding hydrogens is 244 g/mol. The van der Waals surface area contributed by atoms with Crippen LogP contribution < -0.4 is 4.90 Å². The minimum Gasteiger partial charge on any atom is -0.366 e. The van der Waals surface area contributed by atoms with E-state index >= 15 is 0 Å². The van der Waals surface area contributed by atoms with Gasteiger partial charge < -0.3 is 4.90 Å². The van der Waals surface area contributed by atoms with Crippen LogP contribution in [0.2, 0.25) is 5.02 Å². The fourth-order valence-electron chi connectivity index (χ4n) is 2.90.